The van der Waals surface area contributed by atoms with Gasteiger partial charge in [-0.1, -0.05) is 6.07 Å². The van der Waals surface area contributed by atoms with Gasteiger partial charge in [-0.05, 0) is 47.3 Å². The number of hydrogen-bond donors (Lipinski definition) is 1. The molecule has 1 saturated carbocycles. The summed E-state index contributed by atoms with van der Waals surface area (Å²) in [7, 11) is 1.62. The van der Waals surface area contributed by atoms with Crippen LogP contribution < -0.4 is 4.74 Å². The predicted molar refractivity (Wildman–Crippen MR) is 68.6 cm³/mol. The highest BCUT2D eigenvalue weighted by Gasteiger charge is 2.48. The van der Waals surface area contributed by atoms with Gasteiger partial charge in [0.25, 0.3) is 0 Å². The summed E-state index contributed by atoms with van der Waals surface area (Å²) in [6.45, 7) is 2.01. The molecule has 2 rings (SSSR count). The molecular formula is C13H15BrO3. The minimum atomic E-state index is -0.746. The monoisotopic (exact) mass is 298 g/mol. The van der Waals surface area contributed by atoms with Gasteiger partial charge in [0.15, 0.2) is 0 Å². The Hall–Kier alpha value is -1.03. The van der Waals surface area contributed by atoms with E-state index >= 15 is 0 Å². The summed E-state index contributed by atoms with van der Waals surface area (Å²) in [6.07, 6.45) is 2.03. The van der Waals surface area contributed by atoms with Crippen LogP contribution in [0.5, 0.6) is 5.75 Å². The zero-order valence-corrected chi connectivity index (χ0v) is 11.5. The van der Waals surface area contributed by atoms with Gasteiger partial charge in [-0.25, -0.2) is 0 Å². The average Bonchev–Trinajstić information content (AvgIpc) is 3.00. The molecule has 0 amide bonds. The molecule has 0 heterocycles. The summed E-state index contributed by atoms with van der Waals surface area (Å²) >= 11 is 3.46. The highest BCUT2D eigenvalue weighted by molar-refractivity contribution is 9.10. The molecule has 0 aromatic heterocycles. The van der Waals surface area contributed by atoms with E-state index in [9.17, 15) is 4.79 Å². The maximum Gasteiger partial charge on any atom is 0.304 e. The Morgan fingerprint density at radius 1 is 1.53 bits per heavy atom. The molecule has 17 heavy (non-hydrogen) atoms. The van der Waals surface area contributed by atoms with Crippen LogP contribution in [0.3, 0.4) is 0 Å². The van der Waals surface area contributed by atoms with Crippen molar-refractivity contribution in [2.75, 3.05) is 7.11 Å². The van der Waals surface area contributed by atoms with E-state index in [1.165, 1.54) is 0 Å². The molecule has 1 N–H and O–H groups in total. The molecule has 1 aromatic rings. The first kappa shape index (κ1) is 12.4. The number of ether oxygens (including phenoxy) is 1. The second kappa shape index (κ2) is 4.33. The Labute approximate surface area is 109 Å². The second-order valence-corrected chi connectivity index (χ2v) is 5.48. The fraction of sp³-hybridized carbons (Fsp3) is 0.462. The molecule has 1 aliphatic rings. The molecule has 0 bridgehead atoms. The molecule has 1 aliphatic carbocycles. The highest BCUT2D eigenvalue weighted by Crippen LogP contribution is 2.56. The van der Waals surface area contributed by atoms with Crippen LogP contribution in [-0.2, 0) is 10.2 Å². The van der Waals surface area contributed by atoms with Gasteiger partial charge in [0.05, 0.1) is 18.0 Å². The van der Waals surface area contributed by atoms with Gasteiger partial charge in [0.2, 0.25) is 0 Å². The van der Waals surface area contributed by atoms with E-state index in [1.807, 2.05) is 19.1 Å². The van der Waals surface area contributed by atoms with Gasteiger partial charge in [0, 0.05) is 11.0 Å². The normalized spacial score (nSPS) is 16.6. The third-order valence-electron chi connectivity index (χ3n) is 3.40. The number of methoxy groups -OCH3 is 1. The minimum Gasteiger partial charge on any atom is -0.495 e. The first-order valence-corrected chi connectivity index (χ1v) is 6.35. The Morgan fingerprint density at radius 3 is 2.65 bits per heavy atom. The third kappa shape index (κ3) is 2.18. The molecule has 92 valence electrons. The molecule has 0 atom stereocenters. The third-order valence-corrected chi connectivity index (χ3v) is 4.02. The van der Waals surface area contributed by atoms with Crippen molar-refractivity contribution in [3.63, 3.8) is 0 Å². The fourth-order valence-corrected chi connectivity index (χ4v) is 2.96. The van der Waals surface area contributed by atoms with Crippen molar-refractivity contribution in [3.05, 3.63) is 27.7 Å². The summed E-state index contributed by atoms with van der Waals surface area (Å²) in [4.78, 5) is 11.0. The summed E-state index contributed by atoms with van der Waals surface area (Å²) in [5, 5.41) is 9.02. The maximum atomic E-state index is 11.0. The number of carboxylic acid groups (broad SMARTS) is 1. The topological polar surface area (TPSA) is 46.5 Å². The summed E-state index contributed by atoms with van der Waals surface area (Å²) in [5.74, 6) is 0.0349. The van der Waals surface area contributed by atoms with Crippen LogP contribution in [-0.4, -0.2) is 18.2 Å². The van der Waals surface area contributed by atoms with E-state index in [0.29, 0.717) is 0 Å². The number of aryl methyl sites for hydroxylation is 1. The zero-order valence-electron chi connectivity index (χ0n) is 9.92. The van der Waals surface area contributed by atoms with E-state index in [0.717, 1.165) is 34.2 Å². The van der Waals surface area contributed by atoms with E-state index in [4.69, 9.17) is 9.84 Å². The maximum absolute atomic E-state index is 11.0. The number of rotatable bonds is 4. The summed E-state index contributed by atoms with van der Waals surface area (Å²) in [5.41, 5.74) is 1.94. The summed E-state index contributed by atoms with van der Waals surface area (Å²) < 4.78 is 6.31. The molecule has 0 unspecified atom stereocenters. The molecule has 0 saturated heterocycles. The van der Waals surface area contributed by atoms with Crippen LogP contribution in [0.1, 0.15) is 30.4 Å². The first-order valence-electron chi connectivity index (χ1n) is 5.55. The molecule has 1 fully saturated rings. The molecule has 0 aliphatic heterocycles. The second-order valence-electron chi connectivity index (χ2n) is 4.62. The Bertz CT molecular complexity index is 464. The smallest absolute Gasteiger partial charge is 0.304 e. The fourth-order valence-electron chi connectivity index (χ4n) is 2.47. The zero-order chi connectivity index (χ0) is 12.6. The lowest BCUT2D eigenvalue weighted by molar-refractivity contribution is -0.137. The van der Waals surface area contributed by atoms with Crippen molar-refractivity contribution in [1.29, 1.82) is 0 Å². The van der Waals surface area contributed by atoms with Crippen molar-refractivity contribution in [1.82, 2.24) is 0 Å². The number of halogens is 1. The van der Waals surface area contributed by atoms with Crippen LogP contribution in [0.25, 0.3) is 0 Å². The standard InChI is InChI=1S/C13H15BrO3/c1-8-3-4-9(14)12(17-2)11(8)13(5-6-13)7-10(15)16/h3-4H,5-7H2,1-2H3,(H,15,16). The van der Waals surface area contributed by atoms with Crippen molar-refractivity contribution in [3.8, 4) is 5.75 Å². The van der Waals surface area contributed by atoms with Crippen molar-refractivity contribution < 1.29 is 14.6 Å². The van der Waals surface area contributed by atoms with E-state index in [-0.39, 0.29) is 11.8 Å². The van der Waals surface area contributed by atoms with E-state index in [1.54, 1.807) is 7.11 Å². The van der Waals surface area contributed by atoms with Crippen LogP contribution in [0.15, 0.2) is 16.6 Å². The minimum absolute atomic E-state index is 0.181. The Morgan fingerprint density at radius 2 is 2.18 bits per heavy atom. The number of carboxylic acids is 1. The predicted octanol–water partition coefficient (Wildman–Crippen LogP) is 3.27. The quantitative estimate of drug-likeness (QED) is 0.928. The molecule has 1 aromatic carbocycles. The number of hydrogen-bond acceptors (Lipinski definition) is 2. The highest BCUT2D eigenvalue weighted by atomic mass is 79.9. The van der Waals surface area contributed by atoms with Crippen molar-refractivity contribution in [2.24, 2.45) is 0 Å². The van der Waals surface area contributed by atoms with Crippen molar-refractivity contribution >= 4 is 21.9 Å². The molecule has 0 spiro atoms. The number of benzene rings is 1. The van der Waals surface area contributed by atoms with Gasteiger partial charge in [-0.2, -0.15) is 0 Å². The Kier molecular flexibility index (Phi) is 3.17. The largest absolute Gasteiger partial charge is 0.495 e. The van der Waals surface area contributed by atoms with E-state index < -0.39 is 5.97 Å². The lowest BCUT2D eigenvalue weighted by Gasteiger charge is -2.20. The van der Waals surface area contributed by atoms with Crippen LogP contribution in [0, 0.1) is 6.92 Å². The Balaban J connectivity index is 2.51. The number of carbonyl (C=O) groups is 1. The molecular weight excluding hydrogens is 284 g/mol. The van der Waals surface area contributed by atoms with Crippen LogP contribution in [0.4, 0.5) is 0 Å². The van der Waals surface area contributed by atoms with E-state index in [2.05, 4.69) is 15.9 Å². The van der Waals surface area contributed by atoms with Gasteiger partial charge < -0.3 is 9.84 Å². The molecule has 3 nitrogen and oxygen atoms in total. The number of aliphatic carboxylic acids is 1. The van der Waals surface area contributed by atoms with Gasteiger partial charge >= 0.3 is 5.97 Å². The lowest BCUT2D eigenvalue weighted by Crippen LogP contribution is -2.15. The lowest BCUT2D eigenvalue weighted by atomic mass is 9.88. The van der Waals surface area contributed by atoms with Crippen molar-refractivity contribution in [2.45, 2.75) is 31.6 Å². The van der Waals surface area contributed by atoms with Crippen LogP contribution >= 0.6 is 15.9 Å². The first-order chi connectivity index (χ1) is 8.00. The SMILES string of the molecule is COc1c(Br)ccc(C)c1C1(CC(=O)O)CC1. The molecule has 0 radical (unpaired) electrons. The van der Waals surface area contributed by atoms with Gasteiger partial charge in [-0.15, -0.1) is 0 Å². The van der Waals surface area contributed by atoms with Gasteiger partial charge in [-0.3, -0.25) is 4.79 Å². The summed E-state index contributed by atoms with van der Waals surface area (Å²) in [6, 6.07) is 3.94. The van der Waals surface area contributed by atoms with Gasteiger partial charge in [0.1, 0.15) is 5.75 Å². The average molecular weight is 299 g/mol. The van der Waals surface area contributed by atoms with Crippen LogP contribution in [0.2, 0.25) is 0 Å². The molecule has 4 heteroatoms.